The van der Waals surface area contributed by atoms with Gasteiger partial charge in [-0.05, 0) is 81.1 Å². The monoisotopic (exact) mass is 631 g/mol. The van der Waals surface area contributed by atoms with Crippen molar-refractivity contribution in [3.8, 4) is 17.6 Å². The molecule has 0 atom stereocenters. The number of benzene rings is 2. The highest BCUT2D eigenvalue weighted by molar-refractivity contribution is 8.01. The molecule has 0 amide bonds. The normalized spacial score (nSPS) is 14.2. The van der Waals surface area contributed by atoms with Crippen molar-refractivity contribution in [2.24, 2.45) is 0 Å². The average molecular weight is 632 g/mol. The SMILES string of the molecule is C1COC2(C1)CCNCC2.CC.CC(C)SNc1ccc(F)c(Oc2ccc3nc[nH]c(=O)c3c2)c1C#N.CCC.O=CO. The van der Waals surface area contributed by atoms with Crippen LogP contribution < -0.4 is 20.3 Å². The number of hydrogen-bond acceptors (Lipinski definition) is 9. The molecule has 0 saturated carbocycles. The third-order valence-corrected chi connectivity index (χ3v) is 6.97. The summed E-state index contributed by atoms with van der Waals surface area (Å²) in [5, 5.41) is 20.3. The fraction of sp³-hybridized carbons (Fsp3) is 0.500. The van der Waals surface area contributed by atoms with Crippen LogP contribution in [0, 0.1) is 17.1 Å². The molecule has 0 radical (unpaired) electrons. The number of hydrogen-bond donors (Lipinski definition) is 4. The highest BCUT2D eigenvalue weighted by atomic mass is 32.2. The lowest BCUT2D eigenvalue weighted by Gasteiger charge is -2.32. The third kappa shape index (κ3) is 12.1. The molecule has 3 aromatic rings. The summed E-state index contributed by atoms with van der Waals surface area (Å²) in [4.78, 5) is 26.8. The number of nitrogens with zero attached hydrogens (tertiary/aromatic N) is 2. The third-order valence-electron chi connectivity index (χ3n) is 6.16. The second-order valence-corrected chi connectivity index (χ2v) is 11.3. The minimum atomic E-state index is -0.665. The smallest absolute Gasteiger partial charge is 0.290 e. The molecule has 12 heteroatoms. The topological polar surface area (TPSA) is 149 Å². The minimum Gasteiger partial charge on any atom is -0.483 e. The van der Waals surface area contributed by atoms with Crippen LogP contribution >= 0.6 is 11.9 Å². The molecule has 1 aromatic heterocycles. The van der Waals surface area contributed by atoms with Crippen molar-refractivity contribution < 1.29 is 23.8 Å². The Morgan fingerprint density at radius 3 is 2.45 bits per heavy atom. The van der Waals surface area contributed by atoms with Gasteiger partial charge < -0.3 is 29.6 Å². The highest BCUT2D eigenvalue weighted by Gasteiger charge is 2.35. The molecule has 2 saturated heterocycles. The van der Waals surface area contributed by atoms with Gasteiger partial charge in [-0.15, -0.1) is 0 Å². The number of nitrogens with one attached hydrogen (secondary N) is 3. The van der Waals surface area contributed by atoms with Crippen LogP contribution in [0.5, 0.6) is 11.5 Å². The summed E-state index contributed by atoms with van der Waals surface area (Å²) >= 11 is 1.41. The van der Waals surface area contributed by atoms with Crippen molar-refractivity contribution in [1.82, 2.24) is 15.3 Å². The first-order chi connectivity index (χ1) is 21.2. The standard InChI is InChI=1S/C18H15FN4O2S.C8H15NO.C3H8.C2H6.CH2O2/c1-10(2)26-23-16-6-4-14(19)17(13(16)8-20)25-11-3-5-15-12(7-11)18(24)22-9-21-15;1-2-8(10-7-1)3-5-9-6-4-8;1-3-2;1-2;2-1-3/h3-7,9-10,23H,1-2H3,(H,21,22,24);9H,1-7H2;3H2,1-2H3;1-2H3;1H,(H,2,3). The van der Waals surface area contributed by atoms with E-state index in [1.165, 1.54) is 68.6 Å². The van der Waals surface area contributed by atoms with Crippen molar-refractivity contribution in [3.63, 3.8) is 0 Å². The molecule has 5 rings (SSSR count). The average Bonchev–Trinajstić information content (AvgIpc) is 3.47. The van der Waals surface area contributed by atoms with E-state index in [0.29, 0.717) is 22.2 Å². The zero-order valence-corrected chi connectivity index (χ0v) is 27.4. The van der Waals surface area contributed by atoms with E-state index in [9.17, 15) is 14.4 Å². The molecule has 3 heterocycles. The maximum absolute atomic E-state index is 14.3. The number of fused-ring (bicyclic) bond motifs is 1. The molecule has 2 aromatic carbocycles. The van der Waals surface area contributed by atoms with Gasteiger partial charge in [-0.1, -0.05) is 48.0 Å². The number of aromatic amines is 1. The predicted molar refractivity (Wildman–Crippen MR) is 176 cm³/mol. The zero-order chi connectivity index (χ0) is 33.0. The van der Waals surface area contributed by atoms with E-state index in [4.69, 9.17) is 19.4 Å². The fourth-order valence-corrected chi connectivity index (χ4v) is 4.83. The summed E-state index contributed by atoms with van der Waals surface area (Å²) in [7, 11) is 0. The van der Waals surface area contributed by atoms with Gasteiger partial charge in [-0.25, -0.2) is 9.37 Å². The summed E-state index contributed by atoms with van der Waals surface area (Å²) in [5.74, 6) is -0.622. The lowest BCUT2D eigenvalue weighted by atomic mass is 9.90. The molecule has 44 heavy (non-hydrogen) atoms. The van der Waals surface area contributed by atoms with E-state index in [0.717, 1.165) is 19.7 Å². The summed E-state index contributed by atoms with van der Waals surface area (Å²) < 4.78 is 28.7. The Balaban J connectivity index is 0.000000440. The van der Waals surface area contributed by atoms with Crippen molar-refractivity contribution in [3.05, 3.63) is 58.4 Å². The van der Waals surface area contributed by atoms with Gasteiger partial charge in [0, 0.05) is 11.9 Å². The number of aromatic nitrogens is 2. The Labute approximate surface area is 263 Å². The lowest BCUT2D eigenvalue weighted by Crippen LogP contribution is -2.41. The van der Waals surface area contributed by atoms with E-state index < -0.39 is 5.82 Å². The number of carboxylic acid groups (broad SMARTS) is 1. The van der Waals surface area contributed by atoms with E-state index in [1.54, 1.807) is 12.1 Å². The molecule has 10 nitrogen and oxygen atoms in total. The fourth-order valence-electron chi connectivity index (χ4n) is 4.30. The number of anilines is 1. The van der Waals surface area contributed by atoms with Crippen LogP contribution in [-0.2, 0) is 9.53 Å². The Morgan fingerprint density at radius 1 is 1.23 bits per heavy atom. The molecule has 1 spiro atoms. The Bertz CT molecular complexity index is 1370. The number of rotatable bonds is 5. The quantitative estimate of drug-likeness (QED) is 0.167. The Morgan fingerprint density at radius 2 is 1.89 bits per heavy atom. The highest BCUT2D eigenvalue weighted by Crippen LogP contribution is 2.35. The first kappa shape index (κ1) is 38.4. The Hall–Kier alpha value is -3.66. The van der Waals surface area contributed by atoms with Crippen molar-refractivity contribution in [2.75, 3.05) is 24.4 Å². The van der Waals surface area contributed by atoms with Gasteiger partial charge in [0.1, 0.15) is 17.4 Å². The van der Waals surface area contributed by atoms with E-state index >= 15 is 0 Å². The lowest BCUT2D eigenvalue weighted by molar-refractivity contribution is -0.122. The minimum absolute atomic E-state index is 0.0540. The maximum atomic E-state index is 14.3. The van der Waals surface area contributed by atoms with E-state index in [2.05, 4.69) is 33.9 Å². The molecule has 4 N–H and O–H groups in total. The Kier molecular flexibility index (Phi) is 18.4. The van der Waals surface area contributed by atoms with Gasteiger partial charge in [-0.2, -0.15) is 5.26 Å². The maximum Gasteiger partial charge on any atom is 0.290 e. The van der Waals surface area contributed by atoms with Gasteiger partial charge in [0.15, 0.2) is 11.6 Å². The molecule has 2 fully saturated rings. The number of nitriles is 1. The second kappa shape index (κ2) is 21.1. The van der Waals surface area contributed by atoms with Crippen LogP contribution in [0.15, 0.2) is 41.5 Å². The summed E-state index contributed by atoms with van der Waals surface area (Å²) in [6, 6.07) is 9.33. The molecular weight excluding hydrogens is 585 g/mol. The predicted octanol–water partition coefficient (Wildman–Crippen LogP) is 7.26. The van der Waals surface area contributed by atoms with Gasteiger partial charge in [-0.3, -0.25) is 9.59 Å². The number of halogens is 1. The van der Waals surface area contributed by atoms with Crippen LogP contribution in [0.25, 0.3) is 10.9 Å². The number of H-pyrrole nitrogens is 1. The summed E-state index contributed by atoms with van der Waals surface area (Å²) in [6.07, 6.45) is 7.59. The second-order valence-electron chi connectivity index (χ2n) is 9.89. The molecule has 0 unspecified atom stereocenters. The molecule has 0 aliphatic carbocycles. The van der Waals surface area contributed by atoms with Crippen LogP contribution in [0.4, 0.5) is 10.1 Å². The molecule has 2 aliphatic rings. The molecule has 242 valence electrons. The number of carbonyl (C=O) groups is 1. The van der Waals surface area contributed by atoms with Gasteiger partial charge in [0.05, 0.1) is 28.5 Å². The largest absolute Gasteiger partial charge is 0.483 e. The molecular formula is C32H46FN5O5S. The van der Waals surface area contributed by atoms with Crippen molar-refractivity contribution >= 4 is 35.0 Å². The van der Waals surface area contributed by atoms with Gasteiger partial charge in [0.2, 0.25) is 0 Å². The first-order valence-electron chi connectivity index (χ1n) is 15.0. The number of ether oxygens (including phenoxy) is 2. The summed E-state index contributed by atoms with van der Waals surface area (Å²) in [5.41, 5.74) is 0.989. The summed E-state index contributed by atoms with van der Waals surface area (Å²) in [6.45, 7) is 15.3. The van der Waals surface area contributed by atoms with Gasteiger partial charge in [0.25, 0.3) is 12.0 Å². The van der Waals surface area contributed by atoms with Gasteiger partial charge >= 0.3 is 0 Å². The van der Waals surface area contributed by atoms with E-state index in [-0.39, 0.29) is 34.3 Å². The zero-order valence-electron chi connectivity index (χ0n) is 26.5. The van der Waals surface area contributed by atoms with Crippen LogP contribution in [0.2, 0.25) is 0 Å². The van der Waals surface area contributed by atoms with Crippen molar-refractivity contribution in [2.45, 2.75) is 84.5 Å². The van der Waals surface area contributed by atoms with E-state index in [1.807, 2.05) is 33.8 Å². The number of piperidine rings is 1. The van der Waals surface area contributed by atoms with Crippen LogP contribution in [-0.4, -0.2) is 52.1 Å². The van der Waals surface area contributed by atoms with Crippen LogP contribution in [0.1, 0.15) is 79.2 Å². The van der Waals surface area contributed by atoms with Crippen LogP contribution in [0.3, 0.4) is 0 Å². The molecule has 0 bridgehead atoms. The van der Waals surface area contributed by atoms with Crippen molar-refractivity contribution in [1.29, 1.82) is 5.26 Å². The molecule has 2 aliphatic heterocycles. The first-order valence-corrected chi connectivity index (χ1v) is 15.8.